The van der Waals surface area contributed by atoms with Crippen LogP contribution in [0.4, 0.5) is 11.4 Å². The Morgan fingerprint density at radius 3 is 2.25 bits per heavy atom. The third-order valence-electron chi connectivity index (χ3n) is 3.66. The van der Waals surface area contributed by atoms with Crippen LogP contribution in [0.2, 0.25) is 10.0 Å². The van der Waals surface area contributed by atoms with Gasteiger partial charge in [-0.25, -0.2) is 8.42 Å². The summed E-state index contributed by atoms with van der Waals surface area (Å²) in [5, 5.41) is 3.21. The molecule has 2 N–H and O–H groups in total. The van der Waals surface area contributed by atoms with E-state index in [9.17, 15) is 13.2 Å². The van der Waals surface area contributed by atoms with E-state index in [0.29, 0.717) is 22.0 Å². The summed E-state index contributed by atoms with van der Waals surface area (Å²) in [5.74, 6) is -0.352. The lowest BCUT2D eigenvalue weighted by Gasteiger charge is -2.12. The molecule has 28 heavy (non-hydrogen) atoms. The van der Waals surface area contributed by atoms with E-state index in [-0.39, 0.29) is 15.8 Å². The number of carbonyl (C=O) groups excluding carboxylic acids is 1. The molecule has 0 aromatic heterocycles. The van der Waals surface area contributed by atoms with Gasteiger partial charge in [-0.1, -0.05) is 29.3 Å². The van der Waals surface area contributed by atoms with Gasteiger partial charge in [0, 0.05) is 25.5 Å². The van der Waals surface area contributed by atoms with Crippen molar-refractivity contribution in [1.82, 2.24) is 0 Å². The Kier molecular flexibility index (Phi) is 6.49. The van der Waals surface area contributed by atoms with E-state index >= 15 is 0 Å². The molecule has 0 radical (unpaired) electrons. The minimum absolute atomic E-state index is 0.0359. The molecule has 0 fully saturated rings. The smallest absolute Gasteiger partial charge is 0.263 e. The van der Waals surface area contributed by atoms with E-state index in [1.807, 2.05) is 6.07 Å². The molecule has 3 aromatic rings. The van der Waals surface area contributed by atoms with E-state index < -0.39 is 10.0 Å². The summed E-state index contributed by atoms with van der Waals surface area (Å²) in [5.41, 5.74) is 1.11. The van der Waals surface area contributed by atoms with Crippen LogP contribution in [0.1, 0.15) is 10.4 Å². The van der Waals surface area contributed by atoms with Crippen LogP contribution in [-0.2, 0) is 10.0 Å². The SMILES string of the molecule is O=C(Nc1ccc(Cl)c(S(=O)(=O)Nc2ccc(Cl)cc2)c1)c1cccc(I)c1. The van der Waals surface area contributed by atoms with Crippen LogP contribution in [0.3, 0.4) is 0 Å². The van der Waals surface area contributed by atoms with E-state index in [0.717, 1.165) is 3.57 Å². The highest BCUT2D eigenvalue weighted by molar-refractivity contribution is 14.1. The summed E-state index contributed by atoms with van der Waals surface area (Å²) in [6.45, 7) is 0. The summed E-state index contributed by atoms with van der Waals surface area (Å²) < 4.78 is 28.8. The van der Waals surface area contributed by atoms with Crippen LogP contribution in [0.15, 0.2) is 71.6 Å². The molecule has 1 amide bonds. The second-order valence-electron chi connectivity index (χ2n) is 5.72. The molecule has 5 nitrogen and oxygen atoms in total. The lowest BCUT2D eigenvalue weighted by molar-refractivity contribution is 0.102. The average molecular weight is 547 g/mol. The van der Waals surface area contributed by atoms with Gasteiger partial charge in [0.15, 0.2) is 0 Å². The minimum atomic E-state index is -3.96. The normalized spacial score (nSPS) is 11.1. The van der Waals surface area contributed by atoms with Crippen molar-refractivity contribution in [2.75, 3.05) is 10.0 Å². The van der Waals surface area contributed by atoms with Crippen molar-refractivity contribution in [1.29, 1.82) is 0 Å². The van der Waals surface area contributed by atoms with E-state index in [2.05, 4.69) is 32.6 Å². The van der Waals surface area contributed by atoms with Crippen LogP contribution in [0, 0.1) is 3.57 Å². The van der Waals surface area contributed by atoms with Gasteiger partial charge in [0.2, 0.25) is 0 Å². The van der Waals surface area contributed by atoms with Crippen molar-refractivity contribution in [3.8, 4) is 0 Å². The molecule has 0 aliphatic heterocycles. The number of benzene rings is 3. The monoisotopic (exact) mass is 546 g/mol. The molecule has 0 saturated heterocycles. The fraction of sp³-hybridized carbons (Fsp3) is 0. The largest absolute Gasteiger partial charge is 0.322 e. The lowest BCUT2D eigenvalue weighted by atomic mass is 10.2. The molecule has 0 unspecified atom stereocenters. The van der Waals surface area contributed by atoms with Gasteiger partial charge in [0.25, 0.3) is 15.9 Å². The molecule has 0 bridgehead atoms. The zero-order chi connectivity index (χ0) is 20.3. The maximum absolute atomic E-state index is 12.7. The minimum Gasteiger partial charge on any atom is -0.322 e. The molecule has 0 aliphatic rings. The Balaban J connectivity index is 1.86. The summed E-state index contributed by atoms with van der Waals surface area (Å²) in [7, 11) is -3.96. The average Bonchev–Trinajstić information content (AvgIpc) is 2.65. The molecule has 0 saturated carbocycles. The second-order valence-corrected chi connectivity index (χ2v) is 9.46. The molecule has 3 aromatic carbocycles. The molecule has 0 spiro atoms. The van der Waals surface area contributed by atoms with Crippen LogP contribution in [0.5, 0.6) is 0 Å². The number of amides is 1. The van der Waals surface area contributed by atoms with Crippen LogP contribution in [-0.4, -0.2) is 14.3 Å². The molecule has 0 atom stereocenters. The van der Waals surface area contributed by atoms with E-state index in [1.54, 1.807) is 30.3 Å². The fourth-order valence-electron chi connectivity index (χ4n) is 2.35. The van der Waals surface area contributed by atoms with Gasteiger partial charge in [-0.2, -0.15) is 0 Å². The predicted molar refractivity (Wildman–Crippen MR) is 121 cm³/mol. The molecule has 3 rings (SSSR count). The highest BCUT2D eigenvalue weighted by Crippen LogP contribution is 2.27. The standard InChI is InChI=1S/C19H13Cl2IN2O3S/c20-13-4-6-15(7-5-13)24-28(26,27)18-11-16(8-9-17(18)21)23-19(25)12-2-1-3-14(22)10-12/h1-11,24H,(H,23,25). The van der Waals surface area contributed by atoms with Crippen molar-refractivity contribution < 1.29 is 13.2 Å². The Morgan fingerprint density at radius 2 is 1.57 bits per heavy atom. The lowest BCUT2D eigenvalue weighted by Crippen LogP contribution is -2.15. The summed E-state index contributed by atoms with van der Waals surface area (Å²) in [4.78, 5) is 12.3. The number of anilines is 2. The van der Waals surface area contributed by atoms with Crippen molar-refractivity contribution in [3.05, 3.63) is 85.9 Å². The zero-order valence-electron chi connectivity index (χ0n) is 14.1. The highest BCUT2D eigenvalue weighted by Gasteiger charge is 2.19. The number of sulfonamides is 1. The number of carbonyl (C=O) groups is 1. The number of nitrogens with one attached hydrogen (secondary N) is 2. The van der Waals surface area contributed by atoms with Gasteiger partial charge in [-0.05, 0) is 83.3 Å². The number of rotatable bonds is 5. The molecular weight excluding hydrogens is 534 g/mol. The maximum atomic E-state index is 12.7. The molecular formula is C19H13Cl2IN2O3S. The summed E-state index contributed by atoms with van der Waals surface area (Å²) in [6.07, 6.45) is 0. The summed E-state index contributed by atoms with van der Waals surface area (Å²) >= 11 is 14.0. The molecule has 9 heteroatoms. The van der Waals surface area contributed by atoms with Crippen LogP contribution in [0.25, 0.3) is 0 Å². The van der Waals surface area contributed by atoms with Gasteiger partial charge in [0.05, 0.1) is 5.02 Å². The van der Waals surface area contributed by atoms with Gasteiger partial charge in [-0.3, -0.25) is 9.52 Å². The van der Waals surface area contributed by atoms with Crippen LogP contribution >= 0.6 is 45.8 Å². The Labute approximate surface area is 186 Å². The van der Waals surface area contributed by atoms with Crippen molar-refractivity contribution >= 4 is 73.1 Å². The first-order valence-electron chi connectivity index (χ1n) is 7.89. The van der Waals surface area contributed by atoms with Crippen molar-refractivity contribution in [2.45, 2.75) is 4.90 Å². The van der Waals surface area contributed by atoms with Crippen LogP contribution < -0.4 is 10.0 Å². The highest BCUT2D eigenvalue weighted by atomic mass is 127. The van der Waals surface area contributed by atoms with E-state index in [4.69, 9.17) is 23.2 Å². The van der Waals surface area contributed by atoms with E-state index in [1.165, 1.54) is 30.3 Å². The number of halogens is 3. The Morgan fingerprint density at radius 1 is 0.893 bits per heavy atom. The third-order valence-corrected chi connectivity index (χ3v) is 6.45. The molecule has 0 heterocycles. The topological polar surface area (TPSA) is 75.3 Å². The molecule has 0 aliphatic carbocycles. The van der Waals surface area contributed by atoms with Crippen molar-refractivity contribution in [2.24, 2.45) is 0 Å². The first-order chi connectivity index (χ1) is 13.2. The van der Waals surface area contributed by atoms with Gasteiger partial charge in [0.1, 0.15) is 4.90 Å². The van der Waals surface area contributed by atoms with Gasteiger partial charge >= 0.3 is 0 Å². The second kappa shape index (κ2) is 8.69. The first kappa shape index (κ1) is 20.9. The zero-order valence-corrected chi connectivity index (χ0v) is 18.6. The Bertz CT molecular complexity index is 1140. The Hall–Kier alpha value is -1.81. The first-order valence-corrected chi connectivity index (χ1v) is 11.2. The molecule has 144 valence electrons. The van der Waals surface area contributed by atoms with Crippen molar-refractivity contribution in [3.63, 3.8) is 0 Å². The van der Waals surface area contributed by atoms with Gasteiger partial charge in [-0.15, -0.1) is 0 Å². The predicted octanol–water partition coefficient (Wildman–Crippen LogP) is 5.65. The summed E-state index contributed by atoms with van der Waals surface area (Å²) in [6, 6.07) is 17.5. The quantitative estimate of drug-likeness (QED) is 0.406. The number of hydrogen-bond acceptors (Lipinski definition) is 3. The number of hydrogen-bond donors (Lipinski definition) is 2. The maximum Gasteiger partial charge on any atom is 0.263 e. The fourth-order valence-corrected chi connectivity index (χ4v) is 4.60. The van der Waals surface area contributed by atoms with Gasteiger partial charge < -0.3 is 5.32 Å². The third kappa shape index (κ3) is 5.16.